The fourth-order valence-electron chi connectivity index (χ4n) is 3.66. The number of nitrogens with zero attached hydrogens (tertiary/aromatic N) is 1. The molecule has 1 N–H and O–H groups in total. The first-order valence-corrected chi connectivity index (χ1v) is 14.8. The predicted octanol–water partition coefficient (Wildman–Crippen LogP) is 6.78. The van der Waals surface area contributed by atoms with Crippen molar-refractivity contribution in [3.05, 3.63) is 113 Å². The molecule has 0 saturated heterocycles. The van der Waals surface area contributed by atoms with Gasteiger partial charge in [0.25, 0.3) is 15.9 Å². The third kappa shape index (κ3) is 7.10. The van der Waals surface area contributed by atoms with Crippen LogP contribution in [-0.2, 0) is 21.4 Å². The summed E-state index contributed by atoms with van der Waals surface area (Å²) in [5.41, 5.74) is 2.91. The third-order valence-electron chi connectivity index (χ3n) is 5.70. The molecule has 196 valence electrons. The number of benzene rings is 4. The molecule has 0 spiro atoms. The molecule has 0 heterocycles. The number of aryl methyl sites for hydroxylation is 1. The Morgan fingerprint density at radius 2 is 1.63 bits per heavy atom. The summed E-state index contributed by atoms with van der Waals surface area (Å²) >= 11 is 7.61. The monoisotopic (exact) mass is 566 g/mol. The molecule has 0 saturated carbocycles. The first-order valence-electron chi connectivity index (χ1n) is 11.8. The van der Waals surface area contributed by atoms with E-state index in [1.807, 2.05) is 37.4 Å². The van der Waals surface area contributed by atoms with Gasteiger partial charge in [-0.05, 0) is 85.5 Å². The van der Waals surface area contributed by atoms with Crippen molar-refractivity contribution in [3.8, 4) is 5.75 Å². The molecule has 0 atom stereocenters. The Morgan fingerprint density at radius 3 is 2.29 bits per heavy atom. The zero-order chi connectivity index (χ0) is 27.1. The van der Waals surface area contributed by atoms with E-state index in [-0.39, 0.29) is 24.0 Å². The van der Waals surface area contributed by atoms with Gasteiger partial charge in [0.05, 0.1) is 17.1 Å². The van der Waals surface area contributed by atoms with Crippen molar-refractivity contribution in [2.24, 2.45) is 0 Å². The summed E-state index contributed by atoms with van der Waals surface area (Å²) in [5.74, 6) is 0.152. The summed E-state index contributed by atoms with van der Waals surface area (Å²) in [7, 11) is -3.86. The summed E-state index contributed by atoms with van der Waals surface area (Å²) in [6.07, 6.45) is 1.97. The first-order chi connectivity index (χ1) is 18.2. The van der Waals surface area contributed by atoms with Crippen LogP contribution in [0.15, 0.2) is 107 Å². The minimum absolute atomic E-state index is 0.116. The summed E-state index contributed by atoms with van der Waals surface area (Å²) in [6.45, 7) is 1.84. The van der Waals surface area contributed by atoms with E-state index in [0.717, 1.165) is 16.0 Å². The van der Waals surface area contributed by atoms with E-state index in [1.165, 1.54) is 4.31 Å². The molecule has 6 nitrogen and oxygen atoms in total. The van der Waals surface area contributed by atoms with Gasteiger partial charge in [-0.2, -0.15) is 0 Å². The molecule has 1 amide bonds. The Balaban J connectivity index is 1.51. The van der Waals surface area contributed by atoms with E-state index >= 15 is 0 Å². The Labute approximate surface area is 232 Å². The second-order valence-corrected chi connectivity index (χ2v) is 11.7. The number of ether oxygens (including phenoxy) is 1. The second-order valence-electron chi connectivity index (χ2n) is 8.51. The molecule has 0 radical (unpaired) electrons. The number of carbonyl (C=O) groups excluding carboxylic acids is 1. The molecular weight excluding hydrogens is 540 g/mol. The highest BCUT2D eigenvalue weighted by molar-refractivity contribution is 7.98. The number of anilines is 2. The molecule has 4 rings (SSSR count). The van der Waals surface area contributed by atoms with Crippen LogP contribution in [0.25, 0.3) is 0 Å². The highest BCUT2D eigenvalue weighted by Crippen LogP contribution is 2.28. The molecule has 0 bridgehead atoms. The molecule has 38 heavy (non-hydrogen) atoms. The third-order valence-corrected chi connectivity index (χ3v) is 8.46. The molecule has 4 aromatic carbocycles. The van der Waals surface area contributed by atoms with Gasteiger partial charge in [0.2, 0.25) is 0 Å². The fraction of sp³-hybridized carbons (Fsp3) is 0.138. The Kier molecular flexibility index (Phi) is 8.99. The second kappa shape index (κ2) is 12.4. The van der Waals surface area contributed by atoms with Crippen LogP contribution in [-0.4, -0.2) is 27.2 Å². The minimum Gasteiger partial charge on any atom is -0.484 e. The van der Waals surface area contributed by atoms with E-state index < -0.39 is 10.0 Å². The Bertz CT molecular complexity index is 1490. The number of nitrogens with one attached hydrogen (secondary N) is 1. The molecule has 4 aromatic rings. The summed E-state index contributed by atoms with van der Waals surface area (Å²) in [4.78, 5) is 13.6. The van der Waals surface area contributed by atoms with Crippen LogP contribution in [0, 0.1) is 6.92 Å². The quantitative estimate of drug-likeness (QED) is 0.214. The van der Waals surface area contributed by atoms with Gasteiger partial charge in [-0.3, -0.25) is 9.10 Å². The number of amides is 1. The molecule has 0 aromatic heterocycles. The number of hydrogen-bond donors (Lipinski definition) is 1. The number of halogens is 1. The van der Waals surface area contributed by atoms with Gasteiger partial charge in [-0.25, -0.2) is 8.42 Å². The lowest BCUT2D eigenvalue weighted by Crippen LogP contribution is -2.30. The zero-order valence-electron chi connectivity index (χ0n) is 20.9. The molecule has 0 aliphatic carbocycles. The predicted molar refractivity (Wildman–Crippen MR) is 155 cm³/mol. The molecule has 0 fully saturated rings. The molecule has 0 aliphatic rings. The minimum atomic E-state index is -3.86. The molecule has 0 unspecified atom stereocenters. The van der Waals surface area contributed by atoms with E-state index in [2.05, 4.69) is 5.32 Å². The topological polar surface area (TPSA) is 75.7 Å². The SMILES string of the molecule is CSc1cccc(NC(=O)COc2ccc(N(Cc3ccc(Cl)cc3)S(=O)(=O)c3ccc(C)cc3)cc2)c1. The Hall–Kier alpha value is -3.46. The van der Waals surface area contributed by atoms with Crippen LogP contribution in [0.5, 0.6) is 5.75 Å². The number of rotatable bonds is 10. The van der Waals surface area contributed by atoms with Crippen molar-refractivity contribution >= 4 is 50.7 Å². The van der Waals surface area contributed by atoms with E-state index in [1.54, 1.807) is 84.6 Å². The lowest BCUT2D eigenvalue weighted by molar-refractivity contribution is -0.118. The van der Waals surface area contributed by atoms with Crippen LogP contribution in [0.1, 0.15) is 11.1 Å². The number of thioether (sulfide) groups is 1. The van der Waals surface area contributed by atoms with Crippen LogP contribution in [0.2, 0.25) is 5.02 Å². The van der Waals surface area contributed by atoms with Gasteiger partial charge in [0.1, 0.15) is 5.75 Å². The average molecular weight is 567 g/mol. The smallest absolute Gasteiger partial charge is 0.264 e. The van der Waals surface area contributed by atoms with Crippen molar-refractivity contribution in [3.63, 3.8) is 0 Å². The summed E-state index contributed by atoms with van der Waals surface area (Å²) < 4.78 is 34.3. The lowest BCUT2D eigenvalue weighted by Gasteiger charge is -2.25. The summed E-state index contributed by atoms with van der Waals surface area (Å²) in [6, 6.07) is 28.0. The molecule has 0 aliphatic heterocycles. The van der Waals surface area contributed by atoms with Crippen LogP contribution < -0.4 is 14.4 Å². The molecular formula is C29H27ClN2O4S2. The highest BCUT2D eigenvalue weighted by atomic mass is 35.5. The number of sulfonamides is 1. The maximum absolute atomic E-state index is 13.6. The van der Waals surface area contributed by atoms with Crippen molar-refractivity contribution in [1.29, 1.82) is 0 Å². The number of carbonyl (C=O) groups is 1. The van der Waals surface area contributed by atoms with Crippen LogP contribution in [0.3, 0.4) is 0 Å². The van der Waals surface area contributed by atoms with Crippen molar-refractivity contribution in [2.45, 2.75) is 23.3 Å². The van der Waals surface area contributed by atoms with Crippen molar-refractivity contribution in [2.75, 3.05) is 22.5 Å². The van der Waals surface area contributed by atoms with Crippen molar-refractivity contribution < 1.29 is 17.9 Å². The lowest BCUT2D eigenvalue weighted by atomic mass is 10.2. The van der Waals surface area contributed by atoms with E-state index in [4.69, 9.17) is 16.3 Å². The maximum atomic E-state index is 13.6. The largest absolute Gasteiger partial charge is 0.484 e. The zero-order valence-corrected chi connectivity index (χ0v) is 23.3. The van der Waals surface area contributed by atoms with Crippen LogP contribution in [0.4, 0.5) is 11.4 Å². The highest BCUT2D eigenvalue weighted by Gasteiger charge is 2.25. The normalized spacial score (nSPS) is 11.1. The van der Waals surface area contributed by atoms with Gasteiger partial charge in [-0.15, -0.1) is 11.8 Å². The van der Waals surface area contributed by atoms with E-state index in [0.29, 0.717) is 22.1 Å². The van der Waals surface area contributed by atoms with Gasteiger partial charge in [-0.1, -0.05) is 47.5 Å². The fourth-order valence-corrected chi connectivity index (χ4v) is 5.70. The number of hydrogen-bond acceptors (Lipinski definition) is 5. The van der Waals surface area contributed by atoms with Crippen molar-refractivity contribution in [1.82, 2.24) is 0 Å². The van der Waals surface area contributed by atoms with Gasteiger partial charge >= 0.3 is 0 Å². The average Bonchev–Trinajstić information content (AvgIpc) is 2.92. The van der Waals surface area contributed by atoms with E-state index in [9.17, 15) is 13.2 Å². The Morgan fingerprint density at radius 1 is 0.947 bits per heavy atom. The van der Waals surface area contributed by atoms with Gasteiger partial charge in [0.15, 0.2) is 6.61 Å². The van der Waals surface area contributed by atoms with Crippen LogP contribution >= 0.6 is 23.4 Å². The standard InChI is InChI=1S/C29H27ClN2O4S2/c1-21-6-16-28(17-7-21)38(34,35)32(19-22-8-10-23(30)11-9-22)25-12-14-26(15-13-25)36-20-29(33)31-24-4-3-5-27(18-24)37-2/h3-18H,19-20H2,1-2H3,(H,31,33). The van der Waals surface area contributed by atoms with Gasteiger partial charge < -0.3 is 10.1 Å². The summed E-state index contributed by atoms with van der Waals surface area (Å²) in [5, 5.41) is 3.39. The molecule has 9 heteroatoms. The maximum Gasteiger partial charge on any atom is 0.264 e. The van der Waals surface area contributed by atoms with Gasteiger partial charge in [0, 0.05) is 15.6 Å². The first kappa shape index (κ1) is 27.6.